The molecular formula is C17H25BrN2O. The SMILES string of the molecule is Cc1cc(Br)ccc1C(=O)N(CC1CCCCN1)C(C)C. The number of hydrogen-bond donors (Lipinski definition) is 1. The largest absolute Gasteiger partial charge is 0.335 e. The lowest BCUT2D eigenvalue weighted by molar-refractivity contribution is 0.0676. The van der Waals surface area contributed by atoms with E-state index in [1.807, 2.05) is 30.0 Å². The summed E-state index contributed by atoms with van der Waals surface area (Å²) in [5.41, 5.74) is 1.83. The van der Waals surface area contributed by atoms with E-state index < -0.39 is 0 Å². The van der Waals surface area contributed by atoms with Crippen molar-refractivity contribution in [3.05, 3.63) is 33.8 Å². The molecular weight excluding hydrogens is 328 g/mol. The summed E-state index contributed by atoms with van der Waals surface area (Å²) in [5, 5.41) is 3.53. The maximum atomic E-state index is 12.9. The predicted molar refractivity (Wildman–Crippen MR) is 90.7 cm³/mol. The number of amides is 1. The van der Waals surface area contributed by atoms with Gasteiger partial charge in [0.1, 0.15) is 0 Å². The molecule has 4 heteroatoms. The second-order valence-electron chi connectivity index (χ2n) is 6.16. The topological polar surface area (TPSA) is 32.3 Å². The van der Waals surface area contributed by atoms with Crippen molar-refractivity contribution < 1.29 is 4.79 Å². The van der Waals surface area contributed by atoms with Crippen molar-refractivity contribution in [2.45, 2.75) is 52.1 Å². The molecule has 1 fully saturated rings. The predicted octanol–water partition coefficient (Wildman–Crippen LogP) is 3.75. The summed E-state index contributed by atoms with van der Waals surface area (Å²) in [4.78, 5) is 14.9. The third-order valence-corrected chi connectivity index (χ3v) is 4.63. The van der Waals surface area contributed by atoms with Crippen LogP contribution in [0.15, 0.2) is 22.7 Å². The zero-order valence-electron chi connectivity index (χ0n) is 13.2. The third-order valence-electron chi connectivity index (χ3n) is 4.13. The molecule has 1 atom stereocenters. The van der Waals surface area contributed by atoms with Crippen LogP contribution in [0.4, 0.5) is 0 Å². The Labute approximate surface area is 136 Å². The molecule has 0 bridgehead atoms. The van der Waals surface area contributed by atoms with Crippen molar-refractivity contribution in [1.82, 2.24) is 10.2 Å². The smallest absolute Gasteiger partial charge is 0.254 e. The number of rotatable bonds is 4. The van der Waals surface area contributed by atoms with Crippen LogP contribution in [0.1, 0.15) is 49.0 Å². The van der Waals surface area contributed by atoms with Crippen LogP contribution in [0.2, 0.25) is 0 Å². The highest BCUT2D eigenvalue weighted by Gasteiger charge is 2.24. The van der Waals surface area contributed by atoms with Gasteiger partial charge < -0.3 is 10.2 Å². The first kappa shape index (κ1) is 16.5. The van der Waals surface area contributed by atoms with Gasteiger partial charge in [-0.15, -0.1) is 0 Å². The lowest BCUT2D eigenvalue weighted by Gasteiger charge is -2.33. The molecule has 1 saturated heterocycles. The van der Waals surface area contributed by atoms with Gasteiger partial charge in [0.2, 0.25) is 0 Å². The van der Waals surface area contributed by atoms with Crippen LogP contribution in [0, 0.1) is 6.92 Å². The van der Waals surface area contributed by atoms with Gasteiger partial charge >= 0.3 is 0 Å². The van der Waals surface area contributed by atoms with Gasteiger partial charge in [-0.25, -0.2) is 0 Å². The van der Waals surface area contributed by atoms with Crippen LogP contribution in [0.5, 0.6) is 0 Å². The Morgan fingerprint density at radius 2 is 2.19 bits per heavy atom. The number of nitrogens with zero attached hydrogens (tertiary/aromatic N) is 1. The van der Waals surface area contributed by atoms with Gasteiger partial charge in [-0.1, -0.05) is 22.4 Å². The Morgan fingerprint density at radius 1 is 1.43 bits per heavy atom. The van der Waals surface area contributed by atoms with E-state index in [4.69, 9.17) is 0 Å². The zero-order valence-corrected chi connectivity index (χ0v) is 14.7. The number of carbonyl (C=O) groups is 1. The lowest BCUT2D eigenvalue weighted by Crippen LogP contribution is -2.48. The molecule has 0 aliphatic carbocycles. The van der Waals surface area contributed by atoms with E-state index in [2.05, 4.69) is 35.1 Å². The molecule has 1 aliphatic rings. The number of halogens is 1. The molecule has 0 spiro atoms. The molecule has 0 radical (unpaired) electrons. The second kappa shape index (κ2) is 7.41. The van der Waals surface area contributed by atoms with Crippen molar-refractivity contribution in [1.29, 1.82) is 0 Å². The fraction of sp³-hybridized carbons (Fsp3) is 0.588. The van der Waals surface area contributed by atoms with Gasteiger partial charge in [0.25, 0.3) is 5.91 Å². The summed E-state index contributed by atoms with van der Waals surface area (Å²) in [5.74, 6) is 0.141. The molecule has 0 saturated carbocycles. The van der Waals surface area contributed by atoms with Crippen LogP contribution >= 0.6 is 15.9 Å². The Bertz CT molecular complexity index is 496. The summed E-state index contributed by atoms with van der Waals surface area (Å²) in [6.45, 7) is 8.05. The summed E-state index contributed by atoms with van der Waals surface area (Å²) in [6.07, 6.45) is 3.67. The van der Waals surface area contributed by atoms with Gasteiger partial charge in [0.15, 0.2) is 0 Å². The normalized spacial score (nSPS) is 18.8. The first-order chi connectivity index (χ1) is 9.99. The molecule has 116 valence electrons. The van der Waals surface area contributed by atoms with Gasteiger partial charge in [-0.05, 0) is 63.9 Å². The van der Waals surface area contributed by atoms with Crippen molar-refractivity contribution in [2.75, 3.05) is 13.1 Å². The van der Waals surface area contributed by atoms with Gasteiger partial charge in [-0.3, -0.25) is 4.79 Å². The van der Waals surface area contributed by atoms with Crippen LogP contribution in [0.3, 0.4) is 0 Å². The maximum absolute atomic E-state index is 12.9. The van der Waals surface area contributed by atoms with Crippen LogP contribution in [0.25, 0.3) is 0 Å². The molecule has 2 rings (SSSR count). The molecule has 1 aliphatic heterocycles. The average molecular weight is 353 g/mol. The highest BCUT2D eigenvalue weighted by atomic mass is 79.9. The van der Waals surface area contributed by atoms with E-state index in [1.54, 1.807) is 0 Å². The molecule has 1 unspecified atom stereocenters. The van der Waals surface area contributed by atoms with Crippen LogP contribution in [-0.2, 0) is 0 Å². The van der Waals surface area contributed by atoms with E-state index in [0.29, 0.717) is 6.04 Å². The minimum Gasteiger partial charge on any atom is -0.335 e. The molecule has 1 aromatic carbocycles. The van der Waals surface area contributed by atoms with E-state index in [0.717, 1.165) is 35.1 Å². The summed E-state index contributed by atoms with van der Waals surface area (Å²) >= 11 is 3.46. The number of carbonyl (C=O) groups excluding carboxylic acids is 1. The fourth-order valence-corrected chi connectivity index (χ4v) is 3.34. The van der Waals surface area contributed by atoms with E-state index in [9.17, 15) is 4.79 Å². The number of piperidine rings is 1. The van der Waals surface area contributed by atoms with E-state index in [-0.39, 0.29) is 11.9 Å². The fourth-order valence-electron chi connectivity index (χ4n) is 2.87. The van der Waals surface area contributed by atoms with Crippen molar-refractivity contribution in [3.8, 4) is 0 Å². The quantitative estimate of drug-likeness (QED) is 0.894. The molecule has 3 nitrogen and oxygen atoms in total. The molecule has 1 heterocycles. The zero-order chi connectivity index (χ0) is 15.4. The van der Waals surface area contributed by atoms with Gasteiger partial charge in [-0.2, -0.15) is 0 Å². The Kier molecular flexibility index (Phi) is 5.82. The standard InChI is InChI=1S/C17H25BrN2O/c1-12(2)20(11-15-6-4-5-9-19-15)17(21)16-8-7-14(18)10-13(16)3/h7-8,10,12,15,19H,4-6,9,11H2,1-3H3. The third kappa shape index (κ3) is 4.30. The average Bonchev–Trinajstić information content (AvgIpc) is 2.45. The number of hydrogen-bond acceptors (Lipinski definition) is 2. The van der Waals surface area contributed by atoms with Crippen molar-refractivity contribution in [2.24, 2.45) is 0 Å². The maximum Gasteiger partial charge on any atom is 0.254 e. The second-order valence-corrected chi connectivity index (χ2v) is 7.07. The molecule has 1 amide bonds. The number of benzene rings is 1. The Balaban J connectivity index is 2.14. The van der Waals surface area contributed by atoms with Crippen LogP contribution < -0.4 is 5.32 Å². The Hall–Kier alpha value is -0.870. The Morgan fingerprint density at radius 3 is 2.76 bits per heavy atom. The summed E-state index contributed by atoms with van der Waals surface area (Å²) < 4.78 is 1.02. The van der Waals surface area contributed by atoms with Crippen molar-refractivity contribution in [3.63, 3.8) is 0 Å². The number of nitrogens with one attached hydrogen (secondary N) is 1. The molecule has 0 aromatic heterocycles. The molecule has 1 N–H and O–H groups in total. The van der Waals surface area contributed by atoms with Crippen molar-refractivity contribution >= 4 is 21.8 Å². The van der Waals surface area contributed by atoms with E-state index in [1.165, 1.54) is 12.8 Å². The minimum atomic E-state index is 0.141. The summed E-state index contributed by atoms with van der Waals surface area (Å²) in [7, 11) is 0. The monoisotopic (exact) mass is 352 g/mol. The highest BCUT2D eigenvalue weighted by molar-refractivity contribution is 9.10. The number of aryl methyl sites for hydroxylation is 1. The molecule has 1 aromatic rings. The lowest BCUT2D eigenvalue weighted by atomic mass is 10.0. The summed E-state index contributed by atoms with van der Waals surface area (Å²) in [6, 6.07) is 6.51. The van der Waals surface area contributed by atoms with Gasteiger partial charge in [0, 0.05) is 28.7 Å². The van der Waals surface area contributed by atoms with Gasteiger partial charge in [0.05, 0.1) is 0 Å². The first-order valence-corrected chi connectivity index (χ1v) is 8.59. The molecule has 21 heavy (non-hydrogen) atoms. The first-order valence-electron chi connectivity index (χ1n) is 7.79. The van der Waals surface area contributed by atoms with Crippen LogP contribution in [-0.4, -0.2) is 36.0 Å². The minimum absolute atomic E-state index is 0.141. The van der Waals surface area contributed by atoms with E-state index >= 15 is 0 Å². The highest BCUT2D eigenvalue weighted by Crippen LogP contribution is 2.19.